The number of nitrogens with zero attached hydrogens (tertiary/aromatic N) is 2. The Labute approximate surface area is 130 Å². The lowest BCUT2D eigenvalue weighted by molar-refractivity contribution is 0.0698. The standard InChI is InChI=1S/C15H13ClN2O2S/c1-9-17-12-4-2-3-11(15(19)20)14(12)18(9)8-7-10-5-6-13(16)21-10/h2-6H,7-8H2,1H3,(H,19,20). The van der Waals surface area contributed by atoms with Gasteiger partial charge in [-0.05, 0) is 37.6 Å². The predicted octanol–water partition coefficient (Wildman–Crippen LogP) is 4.00. The van der Waals surface area contributed by atoms with Crippen molar-refractivity contribution in [1.29, 1.82) is 0 Å². The van der Waals surface area contributed by atoms with Crippen LogP contribution in [-0.4, -0.2) is 20.6 Å². The lowest BCUT2D eigenvalue weighted by atomic mass is 10.2. The molecule has 0 unspecified atom stereocenters. The monoisotopic (exact) mass is 320 g/mol. The van der Waals surface area contributed by atoms with Gasteiger partial charge in [0, 0.05) is 11.4 Å². The number of para-hydroxylation sites is 1. The van der Waals surface area contributed by atoms with Gasteiger partial charge in [-0.25, -0.2) is 9.78 Å². The minimum Gasteiger partial charge on any atom is -0.478 e. The molecular weight excluding hydrogens is 308 g/mol. The number of aromatic nitrogens is 2. The van der Waals surface area contributed by atoms with Crippen LogP contribution in [0.5, 0.6) is 0 Å². The van der Waals surface area contributed by atoms with Crippen molar-refractivity contribution < 1.29 is 9.90 Å². The zero-order chi connectivity index (χ0) is 15.0. The number of hydrogen-bond donors (Lipinski definition) is 1. The zero-order valence-corrected chi connectivity index (χ0v) is 12.9. The van der Waals surface area contributed by atoms with E-state index in [1.807, 2.05) is 29.7 Å². The number of halogens is 1. The van der Waals surface area contributed by atoms with Gasteiger partial charge < -0.3 is 9.67 Å². The molecule has 6 heteroatoms. The summed E-state index contributed by atoms with van der Waals surface area (Å²) in [7, 11) is 0. The summed E-state index contributed by atoms with van der Waals surface area (Å²) >= 11 is 7.48. The second-order valence-corrected chi connectivity index (χ2v) is 6.54. The van der Waals surface area contributed by atoms with Crippen molar-refractivity contribution >= 4 is 39.9 Å². The van der Waals surface area contributed by atoms with Crippen molar-refractivity contribution in [3.63, 3.8) is 0 Å². The number of thiophene rings is 1. The van der Waals surface area contributed by atoms with Crippen molar-refractivity contribution in [2.24, 2.45) is 0 Å². The summed E-state index contributed by atoms with van der Waals surface area (Å²) in [6.07, 6.45) is 0.803. The van der Waals surface area contributed by atoms with Gasteiger partial charge in [-0.15, -0.1) is 11.3 Å². The van der Waals surface area contributed by atoms with Gasteiger partial charge in [0.05, 0.1) is 20.9 Å². The molecular formula is C15H13ClN2O2S. The van der Waals surface area contributed by atoms with Gasteiger partial charge in [0.25, 0.3) is 0 Å². The Kier molecular flexibility index (Phi) is 3.69. The summed E-state index contributed by atoms with van der Waals surface area (Å²) in [5.74, 6) is -0.109. The number of aryl methyl sites for hydroxylation is 3. The summed E-state index contributed by atoms with van der Waals surface area (Å²) in [6.45, 7) is 2.58. The van der Waals surface area contributed by atoms with E-state index in [4.69, 9.17) is 11.6 Å². The average Bonchev–Trinajstić information content (AvgIpc) is 2.98. The van der Waals surface area contributed by atoms with E-state index < -0.39 is 5.97 Å². The highest BCUT2D eigenvalue weighted by Crippen LogP contribution is 2.24. The highest BCUT2D eigenvalue weighted by molar-refractivity contribution is 7.16. The van der Waals surface area contributed by atoms with Crippen LogP contribution < -0.4 is 0 Å². The van der Waals surface area contributed by atoms with E-state index >= 15 is 0 Å². The Morgan fingerprint density at radius 2 is 2.19 bits per heavy atom. The first kappa shape index (κ1) is 14.1. The first-order chi connectivity index (χ1) is 10.1. The number of carbonyl (C=O) groups is 1. The minimum absolute atomic E-state index is 0.289. The van der Waals surface area contributed by atoms with Gasteiger partial charge in [0.2, 0.25) is 0 Å². The third kappa shape index (κ3) is 2.66. The van der Waals surface area contributed by atoms with Crippen LogP contribution in [0.3, 0.4) is 0 Å². The molecule has 0 saturated carbocycles. The maximum atomic E-state index is 11.4. The van der Waals surface area contributed by atoms with Crippen LogP contribution in [0.25, 0.3) is 11.0 Å². The SMILES string of the molecule is Cc1nc2cccc(C(=O)O)c2n1CCc1ccc(Cl)s1. The quantitative estimate of drug-likeness (QED) is 0.790. The molecule has 0 fully saturated rings. The third-order valence-electron chi connectivity index (χ3n) is 3.40. The molecule has 2 aromatic heterocycles. The third-order valence-corrected chi connectivity index (χ3v) is 4.69. The van der Waals surface area contributed by atoms with Crippen molar-refractivity contribution in [3.05, 3.63) is 50.9 Å². The van der Waals surface area contributed by atoms with Crippen LogP contribution in [-0.2, 0) is 13.0 Å². The highest BCUT2D eigenvalue weighted by Gasteiger charge is 2.15. The second-order valence-electron chi connectivity index (χ2n) is 4.74. The Balaban J connectivity index is 2.01. The lowest BCUT2D eigenvalue weighted by Crippen LogP contribution is -2.06. The molecule has 0 spiro atoms. The maximum Gasteiger partial charge on any atom is 0.337 e. The van der Waals surface area contributed by atoms with Crippen LogP contribution in [0.2, 0.25) is 4.34 Å². The van der Waals surface area contributed by atoms with E-state index in [0.29, 0.717) is 12.1 Å². The maximum absolute atomic E-state index is 11.4. The Bertz CT molecular complexity index is 822. The van der Waals surface area contributed by atoms with Crippen LogP contribution >= 0.6 is 22.9 Å². The molecule has 108 valence electrons. The van der Waals surface area contributed by atoms with Gasteiger partial charge in [-0.1, -0.05) is 17.7 Å². The molecule has 0 aliphatic rings. The van der Waals surface area contributed by atoms with Gasteiger partial charge in [-0.3, -0.25) is 0 Å². The van der Waals surface area contributed by atoms with E-state index in [1.54, 1.807) is 23.5 Å². The van der Waals surface area contributed by atoms with Gasteiger partial charge >= 0.3 is 5.97 Å². The van der Waals surface area contributed by atoms with E-state index in [0.717, 1.165) is 22.1 Å². The van der Waals surface area contributed by atoms with Gasteiger partial charge in [0.15, 0.2) is 0 Å². The molecule has 0 amide bonds. The van der Waals surface area contributed by atoms with E-state index in [-0.39, 0.29) is 5.56 Å². The molecule has 0 aliphatic heterocycles. The number of rotatable bonds is 4. The number of carboxylic acid groups (broad SMARTS) is 1. The number of hydrogen-bond acceptors (Lipinski definition) is 3. The fourth-order valence-corrected chi connectivity index (χ4v) is 3.53. The number of carboxylic acids is 1. The molecule has 3 aromatic rings. The molecule has 0 atom stereocenters. The fraction of sp³-hybridized carbons (Fsp3) is 0.200. The topological polar surface area (TPSA) is 55.1 Å². The fourth-order valence-electron chi connectivity index (χ4n) is 2.46. The highest BCUT2D eigenvalue weighted by atomic mass is 35.5. The molecule has 0 radical (unpaired) electrons. The summed E-state index contributed by atoms with van der Waals surface area (Å²) in [4.78, 5) is 17.0. The molecule has 1 N–H and O–H groups in total. The second kappa shape index (κ2) is 5.50. The van der Waals surface area contributed by atoms with Gasteiger partial charge in [0.1, 0.15) is 5.82 Å². The number of imidazole rings is 1. The Morgan fingerprint density at radius 1 is 1.38 bits per heavy atom. The summed E-state index contributed by atoms with van der Waals surface area (Å²) in [6, 6.07) is 9.06. The number of fused-ring (bicyclic) bond motifs is 1. The first-order valence-electron chi connectivity index (χ1n) is 6.49. The van der Waals surface area contributed by atoms with E-state index in [2.05, 4.69) is 4.98 Å². The van der Waals surface area contributed by atoms with Crippen molar-refractivity contribution in [3.8, 4) is 0 Å². The molecule has 3 rings (SSSR count). The van der Waals surface area contributed by atoms with Crippen molar-refractivity contribution in [2.45, 2.75) is 19.9 Å². The predicted molar refractivity (Wildman–Crippen MR) is 84.5 cm³/mol. The Hall–Kier alpha value is -1.85. The van der Waals surface area contributed by atoms with Crippen LogP contribution in [0.1, 0.15) is 21.1 Å². The van der Waals surface area contributed by atoms with E-state index in [1.165, 1.54) is 4.88 Å². The summed E-state index contributed by atoms with van der Waals surface area (Å²) in [5.41, 5.74) is 1.69. The molecule has 2 heterocycles. The minimum atomic E-state index is -0.930. The van der Waals surface area contributed by atoms with Crippen LogP contribution in [0.15, 0.2) is 30.3 Å². The zero-order valence-electron chi connectivity index (χ0n) is 11.3. The van der Waals surface area contributed by atoms with Crippen LogP contribution in [0.4, 0.5) is 0 Å². The van der Waals surface area contributed by atoms with Crippen molar-refractivity contribution in [2.75, 3.05) is 0 Å². The Morgan fingerprint density at radius 3 is 2.86 bits per heavy atom. The number of aromatic carboxylic acids is 1. The molecule has 0 aliphatic carbocycles. The first-order valence-corrected chi connectivity index (χ1v) is 7.69. The normalized spacial score (nSPS) is 11.1. The average molecular weight is 321 g/mol. The van der Waals surface area contributed by atoms with Gasteiger partial charge in [-0.2, -0.15) is 0 Å². The summed E-state index contributed by atoms with van der Waals surface area (Å²) < 4.78 is 2.73. The molecule has 0 saturated heterocycles. The molecule has 21 heavy (non-hydrogen) atoms. The largest absolute Gasteiger partial charge is 0.478 e. The van der Waals surface area contributed by atoms with E-state index in [9.17, 15) is 9.90 Å². The summed E-state index contributed by atoms with van der Waals surface area (Å²) in [5, 5.41) is 9.35. The smallest absolute Gasteiger partial charge is 0.337 e. The van der Waals surface area contributed by atoms with Crippen LogP contribution in [0, 0.1) is 6.92 Å². The molecule has 1 aromatic carbocycles. The number of benzene rings is 1. The molecule has 0 bridgehead atoms. The molecule has 4 nitrogen and oxygen atoms in total. The lowest BCUT2D eigenvalue weighted by Gasteiger charge is -2.07. The van der Waals surface area contributed by atoms with Crippen molar-refractivity contribution in [1.82, 2.24) is 9.55 Å².